The highest BCUT2D eigenvalue weighted by molar-refractivity contribution is 5.84. The summed E-state index contributed by atoms with van der Waals surface area (Å²) >= 11 is 0. The number of aliphatic imine (C=N–C) groups is 1. The average molecular weight is 358 g/mol. The minimum atomic E-state index is -1.49. The number of likely N-dealkylation sites (N-methyl/N-ethyl adjacent to an activating group) is 1. The Bertz CT molecular complexity index is 611. The van der Waals surface area contributed by atoms with E-state index in [1.54, 1.807) is 26.0 Å². The van der Waals surface area contributed by atoms with E-state index in [0.717, 1.165) is 18.6 Å². The Balaban J connectivity index is 2.96. The molecule has 1 aromatic carbocycles. The van der Waals surface area contributed by atoms with Crippen LogP contribution in [0.5, 0.6) is 0 Å². The second kappa shape index (κ2) is 9.29. The summed E-state index contributed by atoms with van der Waals surface area (Å²) in [4.78, 5) is 19.1. The lowest BCUT2D eigenvalue weighted by Crippen LogP contribution is -2.43. The number of nitrogens with zero attached hydrogens (tertiary/aromatic N) is 3. The quantitative estimate of drug-likeness (QED) is 0.483. The molecule has 1 N–H and O–H groups in total. The molecular formula is C17H25F3N4O. The van der Waals surface area contributed by atoms with Crippen molar-refractivity contribution in [1.82, 2.24) is 15.1 Å². The van der Waals surface area contributed by atoms with Crippen LogP contribution in [0.25, 0.3) is 0 Å². The number of hydrogen-bond acceptors (Lipinski definition) is 2. The summed E-state index contributed by atoms with van der Waals surface area (Å²) in [5.74, 6) is -3.71. The number of hydrogen-bond donors (Lipinski definition) is 1. The number of halogens is 3. The molecule has 25 heavy (non-hydrogen) atoms. The molecule has 0 radical (unpaired) electrons. The van der Waals surface area contributed by atoms with Crippen molar-refractivity contribution in [1.29, 1.82) is 0 Å². The standard InChI is InChI=1S/C17H25F3N4O/c1-6-11(2)22-17(21-9-15(25)23(3)4)24(5)10-12-7-13(18)16(20)14(19)8-12/h7-8,11H,6,9-10H2,1-5H3,(H,21,22). The normalized spacial score (nSPS) is 12.7. The second-order valence-corrected chi connectivity index (χ2v) is 6.11. The van der Waals surface area contributed by atoms with Gasteiger partial charge >= 0.3 is 0 Å². The van der Waals surface area contributed by atoms with E-state index in [4.69, 9.17) is 0 Å². The van der Waals surface area contributed by atoms with Crippen LogP contribution in [-0.2, 0) is 11.3 Å². The summed E-state index contributed by atoms with van der Waals surface area (Å²) < 4.78 is 39.8. The monoisotopic (exact) mass is 358 g/mol. The Kier molecular flexibility index (Phi) is 7.73. The van der Waals surface area contributed by atoms with E-state index in [-0.39, 0.29) is 30.6 Å². The molecule has 0 fully saturated rings. The molecule has 1 aromatic rings. The van der Waals surface area contributed by atoms with E-state index in [1.165, 1.54) is 4.90 Å². The fourth-order valence-corrected chi connectivity index (χ4v) is 1.93. The first-order chi connectivity index (χ1) is 11.6. The molecule has 1 unspecified atom stereocenters. The fourth-order valence-electron chi connectivity index (χ4n) is 1.93. The Morgan fingerprint density at radius 1 is 1.20 bits per heavy atom. The van der Waals surface area contributed by atoms with Crippen molar-refractivity contribution in [2.45, 2.75) is 32.9 Å². The zero-order valence-electron chi connectivity index (χ0n) is 15.2. The fraction of sp³-hybridized carbons (Fsp3) is 0.529. The number of benzene rings is 1. The summed E-state index contributed by atoms with van der Waals surface area (Å²) in [6.45, 7) is 3.99. The smallest absolute Gasteiger partial charge is 0.243 e. The molecule has 0 spiro atoms. The third kappa shape index (κ3) is 6.28. The van der Waals surface area contributed by atoms with Crippen molar-refractivity contribution in [3.63, 3.8) is 0 Å². The third-order valence-electron chi connectivity index (χ3n) is 3.68. The predicted molar refractivity (Wildman–Crippen MR) is 91.7 cm³/mol. The van der Waals surface area contributed by atoms with Gasteiger partial charge in [-0.3, -0.25) is 4.79 Å². The van der Waals surface area contributed by atoms with Gasteiger partial charge in [-0.1, -0.05) is 6.92 Å². The Hall–Kier alpha value is -2.25. The molecule has 8 heteroatoms. The van der Waals surface area contributed by atoms with Gasteiger partial charge in [-0.05, 0) is 31.0 Å². The summed E-state index contributed by atoms with van der Waals surface area (Å²) in [6, 6.07) is 1.99. The summed E-state index contributed by atoms with van der Waals surface area (Å²) in [5.41, 5.74) is 0.261. The van der Waals surface area contributed by atoms with E-state index in [0.29, 0.717) is 5.96 Å². The third-order valence-corrected chi connectivity index (χ3v) is 3.68. The van der Waals surface area contributed by atoms with Gasteiger partial charge in [0.2, 0.25) is 5.91 Å². The van der Waals surface area contributed by atoms with Gasteiger partial charge in [0.05, 0.1) is 0 Å². The molecule has 1 rings (SSSR count). The first-order valence-electron chi connectivity index (χ1n) is 8.01. The Morgan fingerprint density at radius 2 is 1.76 bits per heavy atom. The van der Waals surface area contributed by atoms with Crippen LogP contribution in [0.4, 0.5) is 13.2 Å². The topological polar surface area (TPSA) is 47.9 Å². The molecule has 0 aromatic heterocycles. The van der Waals surface area contributed by atoms with Crippen LogP contribution in [-0.4, -0.2) is 55.4 Å². The van der Waals surface area contributed by atoms with Crippen LogP contribution < -0.4 is 5.32 Å². The van der Waals surface area contributed by atoms with Gasteiger partial charge in [0.1, 0.15) is 6.54 Å². The van der Waals surface area contributed by atoms with Crippen molar-refractivity contribution in [2.24, 2.45) is 4.99 Å². The number of carbonyl (C=O) groups is 1. The first-order valence-corrected chi connectivity index (χ1v) is 8.01. The maximum atomic E-state index is 13.4. The number of nitrogens with one attached hydrogen (secondary N) is 1. The number of guanidine groups is 1. The largest absolute Gasteiger partial charge is 0.354 e. The SMILES string of the molecule is CCC(C)NC(=NCC(=O)N(C)C)N(C)Cc1cc(F)c(F)c(F)c1. The summed E-state index contributed by atoms with van der Waals surface area (Å²) in [7, 11) is 4.94. The highest BCUT2D eigenvalue weighted by atomic mass is 19.2. The van der Waals surface area contributed by atoms with E-state index < -0.39 is 17.5 Å². The molecule has 140 valence electrons. The van der Waals surface area contributed by atoms with Gasteiger partial charge in [-0.2, -0.15) is 0 Å². The molecule has 0 bridgehead atoms. The van der Waals surface area contributed by atoms with Crippen LogP contribution in [0.1, 0.15) is 25.8 Å². The molecule has 0 aliphatic heterocycles. The zero-order chi connectivity index (χ0) is 19.1. The van der Waals surface area contributed by atoms with Gasteiger partial charge in [-0.25, -0.2) is 18.2 Å². The molecule has 5 nitrogen and oxygen atoms in total. The van der Waals surface area contributed by atoms with Crippen LogP contribution in [0.3, 0.4) is 0 Å². The zero-order valence-corrected chi connectivity index (χ0v) is 15.2. The average Bonchev–Trinajstić information content (AvgIpc) is 2.55. The molecular weight excluding hydrogens is 333 g/mol. The molecule has 0 saturated carbocycles. The van der Waals surface area contributed by atoms with E-state index in [1.807, 2.05) is 13.8 Å². The van der Waals surface area contributed by atoms with E-state index >= 15 is 0 Å². The second-order valence-electron chi connectivity index (χ2n) is 6.11. The van der Waals surface area contributed by atoms with Crippen molar-refractivity contribution < 1.29 is 18.0 Å². The van der Waals surface area contributed by atoms with Gasteiger partial charge in [-0.15, -0.1) is 0 Å². The first kappa shape index (κ1) is 20.8. The minimum Gasteiger partial charge on any atom is -0.354 e. The van der Waals surface area contributed by atoms with E-state index in [9.17, 15) is 18.0 Å². The van der Waals surface area contributed by atoms with Crippen molar-refractivity contribution in [3.05, 3.63) is 35.1 Å². The lowest BCUT2D eigenvalue weighted by Gasteiger charge is -2.25. The summed E-state index contributed by atoms with van der Waals surface area (Å²) in [6.07, 6.45) is 0.828. The molecule has 0 saturated heterocycles. The van der Waals surface area contributed by atoms with Gasteiger partial charge < -0.3 is 15.1 Å². The Morgan fingerprint density at radius 3 is 2.24 bits per heavy atom. The minimum absolute atomic E-state index is 0.0533. The van der Waals surface area contributed by atoms with Gasteiger partial charge in [0.25, 0.3) is 0 Å². The summed E-state index contributed by atoms with van der Waals surface area (Å²) in [5, 5.41) is 3.17. The van der Waals surface area contributed by atoms with Crippen molar-refractivity contribution in [3.8, 4) is 0 Å². The maximum absolute atomic E-state index is 13.4. The van der Waals surface area contributed by atoms with Crippen LogP contribution in [0.15, 0.2) is 17.1 Å². The van der Waals surface area contributed by atoms with Gasteiger partial charge in [0, 0.05) is 33.7 Å². The number of carbonyl (C=O) groups excluding carboxylic acids is 1. The van der Waals surface area contributed by atoms with Crippen LogP contribution in [0, 0.1) is 17.5 Å². The number of rotatable bonds is 6. The van der Waals surface area contributed by atoms with E-state index in [2.05, 4.69) is 10.3 Å². The predicted octanol–water partition coefficient (Wildman–Crippen LogP) is 2.37. The maximum Gasteiger partial charge on any atom is 0.243 e. The lowest BCUT2D eigenvalue weighted by molar-refractivity contribution is -0.127. The molecule has 0 heterocycles. The molecule has 0 aliphatic rings. The highest BCUT2D eigenvalue weighted by Crippen LogP contribution is 2.15. The Labute approximate surface area is 146 Å². The molecule has 1 atom stereocenters. The highest BCUT2D eigenvalue weighted by Gasteiger charge is 2.15. The van der Waals surface area contributed by atoms with Crippen LogP contribution >= 0.6 is 0 Å². The molecule has 0 aliphatic carbocycles. The lowest BCUT2D eigenvalue weighted by atomic mass is 10.2. The van der Waals surface area contributed by atoms with Crippen LogP contribution in [0.2, 0.25) is 0 Å². The van der Waals surface area contributed by atoms with Crippen molar-refractivity contribution >= 4 is 11.9 Å². The van der Waals surface area contributed by atoms with Crippen molar-refractivity contribution in [2.75, 3.05) is 27.7 Å². The number of amides is 1. The molecule has 1 amide bonds. The van der Waals surface area contributed by atoms with Gasteiger partial charge in [0.15, 0.2) is 23.4 Å².